The molecule has 3 nitrogen and oxygen atoms in total. The van der Waals surface area contributed by atoms with Crippen molar-refractivity contribution in [2.75, 3.05) is 11.4 Å². The maximum atomic E-state index is 10.7. The Morgan fingerprint density at radius 2 is 1.35 bits per heavy atom. The van der Waals surface area contributed by atoms with Crippen LogP contribution >= 0.6 is 0 Å². The van der Waals surface area contributed by atoms with Gasteiger partial charge in [-0.05, 0) is 18.1 Å². The predicted molar refractivity (Wildman–Crippen MR) is 84.2 cm³/mol. The lowest BCUT2D eigenvalue weighted by molar-refractivity contribution is 0.400. The number of hydrogen-bond acceptors (Lipinski definition) is 3. The largest absolute Gasteiger partial charge is 0.405 e. The first-order chi connectivity index (χ1) is 9.51. The first kappa shape index (κ1) is 13.4. The zero-order valence-electron chi connectivity index (χ0n) is 11.7. The molecule has 0 radical (unpaired) electrons. The number of rotatable bonds is 2. The fraction of sp³-hybridized carbons (Fsp3) is 0.250. The number of benzene rings is 2. The van der Waals surface area contributed by atoms with E-state index < -0.39 is 8.56 Å². The van der Waals surface area contributed by atoms with Crippen LogP contribution in [0.3, 0.4) is 0 Å². The molecule has 3 rings (SSSR count). The molecule has 0 spiro atoms. The maximum Gasteiger partial charge on any atom is 0.405 e. The van der Waals surface area contributed by atoms with Gasteiger partial charge >= 0.3 is 8.56 Å². The lowest BCUT2D eigenvalue weighted by atomic mass is 10.1. The molecule has 4 heteroatoms. The number of hydrogen-bond donors (Lipinski definition) is 2. The molecule has 0 saturated heterocycles. The molecule has 104 valence electrons. The minimum atomic E-state index is -3.57. The molecule has 0 aromatic heterocycles. The minimum absolute atomic E-state index is 0.489. The average molecular weight is 285 g/mol. The molecule has 1 heterocycles. The van der Waals surface area contributed by atoms with Crippen molar-refractivity contribution in [1.82, 2.24) is 0 Å². The van der Waals surface area contributed by atoms with Gasteiger partial charge in [-0.2, -0.15) is 0 Å². The second-order valence-electron chi connectivity index (χ2n) is 5.71. The summed E-state index contributed by atoms with van der Waals surface area (Å²) in [6, 6.07) is 15.3. The fourth-order valence-electron chi connectivity index (χ4n) is 2.84. The van der Waals surface area contributed by atoms with E-state index in [1.165, 1.54) is 0 Å². The average Bonchev–Trinajstić information content (AvgIpc) is 2.44. The van der Waals surface area contributed by atoms with Crippen molar-refractivity contribution in [2.45, 2.75) is 13.8 Å². The van der Waals surface area contributed by atoms with E-state index in [1.807, 2.05) is 48.5 Å². The van der Waals surface area contributed by atoms with Gasteiger partial charge in [-0.3, -0.25) is 0 Å². The lowest BCUT2D eigenvalue weighted by Crippen LogP contribution is -2.64. The third kappa shape index (κ3) is 1.97. The van der Waals surface area contributed by atoms with Gasteiger partial charge in [-0.1, -0.05) is 50.2 Å². The molecule has 2 aromatic carbocycles. The Labute approximate surface area is 120 Å². The summed E-state index contributed by atoms with van der Waals surface area (Å²) < 4.78 is 0. The van der Waals surface area contributed by atoms with E-state index >= 15 is 0 Å². The molecule has 0 saturated carbocycles. The van der Waals surface area contributed by atoms with Crippen molar-refractivity contribution in [3.8, 4) is 0 Å². The molecule has 0 amide bonds. The van der Waals surface area contributed by atoms with Gasteiger partial charge < -0.3 is 14.5 Å². The van der Waals surface area contributed by atoms with E-state index in [-0.39, 0.29) is 0 Å². The summed E-state index contributed by atoms with van der Waals surface area (Å²) >= 11 is 0. The predicted octanol–water partition coefficient (Wildman–Crippen LogP) is 1.34. The van der Waals surface area contributed by atoms with Crippen LogP contribution in [0.15, 0.2) is 48.5 Å². The molecular weight excluding hydrogens is 266 g/mol. The van der Waals surface area contributed by atoms with Gasteiger partial charge in [0.05, 0.1) is 0 Å². The van der Waals surface area contributed by atoms with Gasteiger partial charge in [-0.15, -0.1) is 0 Å². The highest BCUT2D eigenvalue weighted by atomic mass is 28.4. The van der Waals surface area contributed by atoms with Crippen LogP contribution in [-0.4, -0.2) is 24.7 Å². The highest BCUT2D eigenvalue weighted by molar-refractivity contribution is 6.93. The Kier molecular flexibility index (Phi) is 3.16. The highest BCUT2D eigenvalue weighted by Crippen LogP contribution is 2.30. The molecule has 0 atom stereocenters. The highest BCUT2D eigenvalue weighted by Gasteiger charge is 2.44. The van der Waals surface area contributed by atoms with E-state index in [0.29, 0.717) is 16.3 Å². The van der Waals surface area contributed by atoms with Crippen LogP contribution in [0.25, 0.3) is 0 Å². The Hall–Kier alpha value is -1.62. The van der Waals surface area contributed by atoms with Gasteiger partial charge in [-0.25, -0.2) is 0 Å². The van der Waals surface area contributed by atoms with E-state index in [4.69, 9.17) is 0 Å². The summed E-state index contributed by atoms with van der Waals surface area (Å²) in [5, 5.41) is 1.36. The van der Waals surface area contributed by atoms with E-state index in [9.17, 15) is 9.59 Å². The minimum Gasteiger partial charge on any atom is -0.404 e. The maximum absolute atomic E-state index is 10.7. The molecule has 2 N–H and O–H groups in total. The first-order valence-corrected chi connectivity index (χ1v) is 8.82. The van der Waals surface area contributed by atoms with E-state index in [0.717, 1.165) is 17.9 Å². The van der Waals surface area contributed by atoms with Gasteiger partial charge in [0, 0.05) is 28.3 Å². The summed E-state index contributed by atoms with van der Waals surface area (Å²) in [4.78, 5) is 23.6. The van der Waals surface area contributed by atoms with Crippen LogP contribution in [0.2, 0.25) is 0 Å². The molecule has 0 aliphatic carbocycles. The van der Waals surface area contributed by atoms with Crippen molar-refractivity contribution < 1.29 is 9.59 Å². The summed E-state index contributed by atoms with van der Waals surface area (Å²) in [6.07, 6.45) is 0. The second-order valence-corrected chi connectivity index (χ2v) is 8.13. The van der Waals surface area contributed by atoms with Gasteiger partial charge in [0.25, 0.3) is 0 Å². The Bertz CT molecular complexity index is 590. The monoisotopic (exact) mass is 285 g/mol. The fourth-order valence-corrected chi connectivity index (χ4v) is 4.94. The Balaban J connectivity index is 2.24. The lowest BCUT2D eigenvalue weighted by Gasteiger charge is -2.38. The number of nitrogens with zero attached hydrogens (tertiary/aromatic N) is 1. The van der Waals surface area contributed by atoms with E-state index in [1.54, 1.807) is 0 Å². The number of fused-ring (bicyclic) bond motifs is 2. The van der Waals surface area contributed by atoms with Gasteiger partial charge in [0.2, 0.25) is 0 Å². The quantitative estimate of drug-likeness (QED) is 0.818. The normalized spacial score (nSPS) is 15.9. The van der Waals surface area contributed by atoms with Crippen LogP contribution in [-0.2, 0) is 0 Å². The van der Waals surface area contributed by atoms with Crippen LogP contribution in [0, 0.1) is 5.92 Å². The molecule has 2 aromatic rings. The Morgan fingerprint density at radius 1 is 0.900 bits per heavy atom. The summed E-state index contributed by atoms with van der Waals surface area (Å²) in [6.45, 7) is 5.20. The van der Waals surface area contributed by atoms with Gasteiger partial charge in [0.1, 0.15) is 0 Å². The smallest absolute Gasteiger partial charge is 0.404 e. The molecule has 0 unspecified atom stereocenters. The molecule has 20 heavy (non-hydrogen) atoms. The van der Waals surface area contributed by atoms with Crippen LogP contribution < -0.4 is 15.3 Å². The number of para-hydroxylation sites is 2. The number of anilines is 2. The van der Waals surface area contributed by atoms with Crippen molar-refractivity contribution in [1.29, 1.82) is 0 Å². The van der Waals surface area contributed by atoms with Gasteiger partial charge in [0.15, 0.2) is 0 Å². The van der Waals surface area contributed by atoms with Crippen molar-refractivity contribution >= 4 is 30.3 Å². The van der Waals surface area contributed by atoms with Crippen molar-refractivity contribution in [2.24, 2.45) is 5.92 Å². The first-order valence-electron chi connectivity index (χ1n) is 6.93. The van der Waals surface area contributed by atoms with Crippen LogP contribution in [0.5, 0.6) is 0 Å². The van der Waals surface area contributed by atoms with Crippen molar-refractivity contribution in [3.05, 3.63) is 48.5 Å². The van der Waals surface area contributed by atoms with Crippen LogP contribution in [0.4, 0.5) is 11.4 Å². The second kappa shape index (κ2) is 4.73. The third-order valence-electron chi connectivity index (χ3n) is 3.69. The summed E-state index contributed by atoms with van der Waals surface area (Å²) in [5.74, 6) is 0.489. The Morgan fingerprint density at radius 3 is 1.80 bits per heavy atom. The zero-order valence-corrected chi connectivity index (χ0v) is 12.7. The topological polar surface area (TPSA) is 43.7 Å². The third-order valence-corrected chi connectivity index (χ3v) is 6.04. The zero-order chi connectivity index (χ0) is 14.3. The van der Waals surface area contributed by atoms with Crippen molar-refractivity contribution in [3.63, 3.8) is 0 Å². The van der Waals surface area contributed by atoms with Crippen LogP contribution in [0.1, 0.15) is 13.8 Å². The standard InChI is InChI=1S/C16H19NO2Si/c1-12(2)11-17-13-7-3-5-9-15(13)20(18,19)16-10-6-4-8-14(16)17/h3-10,12,18-19H,11H2,1-2H3. The molecule has 0 fully saturated rings. The molecule has 1 aliphatic rings. The summed E-state index contributed by atoms with van der Waals surface area (Å²) in [5.41, 5.74) is 1.85. The molecule has 1 aliphatic heterocycles. The molecule has 0 bridgehead atoms. The SMILES string of the molecule is CC(C)CN1c2ccccc2[Si](O)(O)c2ccccc21. The van der Waals surface area contributed by atoms with E-state index in [2.05, 4.69) is 18.7 Å². The summed E-state index contributed by atoms with van der Waals surface area (Å²) in [7, 11) is -3.57. The molecular formula is C16H19NO2Si.